The molecule has 28 heavy (non-hydrogen) atoms. The number of nitrogens with one attached hydrogen (secondary N) is 1. The summed E-state index contributed by atoms with van der Waals surface area (Å²) in [5.41, 5.74) is 0.663. The van der Waals surface area contributed by atoms with E-state index >= 15 is 0 Å². The predicted octanol–water partition coefficient (Wildman–Crippen LogP) is 0.853. The molecular weight excluding hydrogens is 372 g/mol. The van der Waals surface area contributed by atoms with Gasteiger partial charge in [0.25, 0.3) is 5.69 Å². The Morgan fingerprint density at radius 3 is 2.68 bits per heavy atom. The summed E-state index contributed by atoms with van der Waals surface area (Å²) in [5.74, 6) is -1.22. The number of nitrogens with zero attached hydrogens (tertiary/aromatic N) is 1. The first-order valence-electron chi connectivity index (χ1n) is 8.93. The van der Waals surface area contributed by atoms with Gasteiger partial charge in [0.15, 0.2) is 12.1 Å². The lowest BCUT2D eigenvalue weighted by Gasteiger charge is -2.49. The van der Waals surface area contributed by atoms with Crippen LogP contribution in [0.1, 0.15) is 26.3 Å². The fraction of sp³-hybridized carbons (Fsp3) is 0.611. The van der Waals surface area contributed by atoms with Crippen molar-refractivity contribution in [3.63, 3.8) is 0 Å². The van der Waals surface area contributed by atoms with Crippen molar-refractivity contribution < 1.29 is 33.8 Å². The third-order valence-corrected chi connectivity index (χ3v) is 4.62. The number of amides is 1. The number of aliphatic hydroxyl groups excluding tert-OH is 1. The van der Waals surface area contributed by atoms with Gasteiger partial charge < -0.3 is 29.4 Å². The van der Waals surface area contributed by atoms with E-state index in [-0.39, 0.29) is 24.8 Å². The average molecular weight is 396 g/mol. The van der Waals surface area contributed by atoms with Crippen molar-refractivity contribution in [2.45, 2.75) is 63.8 Å². The van der Waals surface area contributed by atoms with Gasteiger partial charge >= 0.3 is 0 Å². The number of non-ortho nitro benzene ring substituents is 1. The molecule has 10 nitrogen and oxygen atoms in total. The number of carbonyl (C=O) groups is 1. The summed E-state index contributed by atoms with van der Waals surface area (Å²) in [5, 5.41) is 24.2. The molecule has 3 rings (SSSR count). The van der Waals surface area contributed by atoms with Gasteiger partial charge in [0, 0.05) is 19.1 Å². The van der Waals surface area contributed by atoms with E-state index in [4.69, 9.17) is 18.9 Å². The minimum absolute atomic E-state index is 0.0221. The van der Waals surface area contributed by atoms with Gasteiger partial charge in [-0.2, -0.15) is 0 Å². The zero-order valence-corrected chi connectivity index (χ0v) is 15.9. The smallest absolute Gasteiger partial charge is 0.269 e. The Labute approximate surface area is 161 Å². The zero-order valence-electron chi connectivity index (χ0n) is 15.9. The molecule has 154 valence electrons. The van der Waals surface area contributed by atoms with E-state index in [0.29, 0.717) is 5.56 Å². The molecule has 0 spiro atoms. The summed E-state index contributed by atoms with van der Waals surface area (Å²) < 4.78 is 23.0. The maximum atomic E-state index is 11.6. The highest BCUT2D eigenvalue weighted by molar-refractivity contribution is 5.73. The van der Waals surface area contributed by atoms with Crippen LogP contribution in [0.3, 0.4) is 0 Å². The van der Waals surface area contributed by atoms with Crippen LogP contribution in [-0.4, -0.2) is 59.0 Å². The van der Waals surface area contributed by atoms with Crippen LogP contribution >= 0.6 is 0 Å². The van der Waals surface area contributed by atoms with Crippen molar-refractivity contribution in [1.82, 2.24) is 5.32 Å². The molecule has 0 saturated carbocycles. The van der Waals surface area contributed by atoms with Gasteiger partial charge in [-0.1, -0.05) is 0 Å². The van der Waals surface area contributed by atoms with Crippen molar-refractivity contribution in [2.24, 2.45) is 0 Å². The third-order valence-electron chi connectivity index (χ3n) is 4.62. The Kier molecular flexibility index (Phi) is 5.96. The normalized spacial score (nSPS) is 31.6. The molecular formula is C18H24N2O8. The molecule has 2 aliphatic heterocycles. The summed E-state index contributed by atoms with van der Waals surface area (Å²) >= 11 is 0. The van der Waals surface area contributed by atoms with E-state index in [2.05, 4.69) is 5.32 Å². The van der Waals surface area contributed by atoms with E-state index in [1.807, 2.05) is 0 Å². The van der Waals surface area contributed by atoms with Gasteiger partial charge in [0.05, 0.1) is 18.1 Å². The van der Waals surface area contributed by atoms with Crippen LogP contribution in [0.2, 0.25) is 0 Å². The van der Waals surface area contributed by atoms with Gasteiger partial charge in [-0.25, -0.2) is 0 Å². The summed E-state index contributed by atoms with van der Waals surface area (Å²) in [6.45, 7) is 5.09. The molecule has 0 aromatic heterocycles. The highest BCUT2D eigenvalue weighted by atomic mass is 16.8. The third kappa shape index (κ3) is 4.65. The van der Waals surface area contributed by atoms with E-state index in [1.54, 1.807) is 26.0 Å². The average Bonchev–Trinajstić information content (AvgIpc) is 2.63. The van der Waals surface area contributed by atoms with Crippen molar-refractivity contribution in [1.29, 1.82) is 0 Å². The Bertz CT molecular complexity index is 723. The van der Waals surface area contributed by atoms with Crippen LogP contribution in [0, 0.1) is 10.1 Å². The van der Waals surface area contributed by atoms with Gasteiger partial charge in [-0.3, -0.25) is 14.9 Å². The van der Waals surface area contributed by atoms with Crippen molar-refractivity contribution in [3.8, 4) is 0 Å². The van der Waals surface area contributed by atoms with Crippen LogP contribution in [0.25, 0.3) is 0 Å². The first kappa shape index (κ1) is 20.6. The van der Waals surface area contributed by atoms with Crippen LogP contribution in [-0.2, 0) is 30.3 Å². The fourth-order valence-electron chi connectivity index (χ4n) is 3.27. The molecule has 0 unspecified atom stereocenters. The van der Waals surface area contributed by atoms with Crippen LogP contribution < -0.4 is 5.32 Å². The molecule has 2 N–H and O–H groups in total. The van der Waals surface area contributed by atoms with Crippen molar-refractivity contribution >= 4 is 11.6 Å². The monoisotopic (exact) mass is 396 g/mol. The molecule has 2 fully saturated rings. The number of carbonyl (C=O) groups excluding carboxylic acids is 1. The molecule has 2 heterocycles. The molecule has 5 atom stereocenters. The van der Waals surface area contributed by atoms with Gasteiger partial charge in [-0.15, -0.1) is 0 Å². The summed E-state index contributed by atoms with van der Waals surface area (Å²) in [6.07, 6.45) is -3.24. The molecule has 1 aromatic rings. The number of fused-ring (bicyclic) bond motifs is 1. The van der Waals surface area contributed by atoms with Crippen molar-refractivity contribution in [3.05, 3.63) is 39.9 Å². The lowest BCUT2D eigenvalue weighted by atomic mass is 9.95. The van der Waals surface area contributed by atoms with Crippen LogP contribution in [0.4, 0.5) is 5.69 Å². The number of ether oxygens (including phenoxy) is 4. The predicted molar refractivity (Wildman–Crippen MR) is 95.1 cm³/mol. The maximum Gasteiger partial charge on any atom is 0.269 e. The van der Waals surface area contributed by atoms with Gasteiger partial charge in [0.1, 0.15) is 24.4 Å². The number of hydrogen-bond acceptors (Lipinski definition) is 8. The highest BCUT2D eigenvalue weighted by Gasteiger charge is 2.51. The largest absolute Gasteiger partial charge is 0.388 e. The lowest BCUT2D eigenvalue weighted by molar-refractivity contribution is -0.384. The van der Waals surface area contributed by atoms with Crippen molar-refractivity contribution in [2.75, 3.05) is 6.61 Å². The molecule has 1 aromatic carbocycles. The Morgan fingerprint density at radius 1 is 1.39 bits per heavy atom. The molecule has 2 saturated heterocycles. The fourth-order valence-corrected chi connectivity index (χ4v) is 3.27. The summed E-state index contributed by atoms with van der Waals surface area (Å²) in [4.78, 5) is 21.9. The second kappa shape index (κ2) is 8.10. The zero-order chi connectivity index (χ0) is 20.5. The molecule has 0 radical (unpaired) electrons. The number of hydrogen-bond donors (Lipinski definition) is 2. The maximum absolute atomic E-state index is 11.6. The quantitative estimate of drug-likeness (QED) is 0.554. The van der Waals surface area contributed by atoms with E-state index in [1.165, 1.54) is 19.1 Å². The minimum Gasteiger partial charge on any atom is -0.388 e. The van der Waals surface area contributed by atoms with Crippen LogP contribution in [0.5, 0.6) is 0 Å². The van der Waals surface area contributed by atoms with Gasteiger partial charge in [-0.05, 0) is 31.5 Å². The molecule has 10 heteroatoms. The standard InChI is InChI=1S/C18H24N2O8/c1-10(21)19-14-15(22)16-13(9-26-18(2,3)28-16)27-17(14)25-8-11-4-6-12(7-5-11)20(23)24/h4-7,13-17,22H,8-9H2,1-3H3,(H,19,21)/t13-,14+,15-,16+,17+/m1/s1. The Balaban J connectivity index is 1.71. The molecule has 2 aliphatic rings. The number of aliphatic hydroxyl groups is 1. The molecule has 0 bridgehead atoms. The van der Waals surface area contributed by atoms with Gasteiger partial charge in [0.2, 0.25) is 5.91 Å². The van der Waals surface area contributed by atoms with E-state index in [0.717, 1.165) is 0 Å². The second-order valence-corrected chi connectivity index (χ2v) is 7.29. The topological polar surface area (TPSA) is 129 Å². The second-order valence-electron chi connectivity index (χ2n) is 7.29. The number of nitro benzene ring substituents is 1. The minimum atomic E-state index is -1.06. The van der Waals surface area contributed by atoms with E-state index < -0.39 is 41.4 Å². The number of nitro groups is 1. The lowest BCUT2D eigenvalue weighted by Crippen LogP contribution is -2.68. The number of benzene rings is 1. The summed E-state index contributed by atoms with van der Waals surface area (Å²) in [6, 6.07) is 5.06. The number of rotatable bonds is 5. The highest BCUT2D eigenvalue weighted by Crippen LogP contribution is 2.33. The first-order valence-corrected chi connectivity index (χ1v) is 8.93. The van der Waals surface area contributed by atoms with Crippen LogP contribution in [0.15, 0.2) is 24.3 Å². The Hall–Kier alpha value is -2.11. The van der Waals surface area contributed by atoms with E-state index in [9.17, 15) is 20.0 Å². The first-order chi connectivity index (χ1) is 13.2. The SMILES string of the molecule is CC(=O)N[C@@H]1[C@@H](OCc2ccc([N+](=O)[O-])cc2)O[C@@H]2COC(C)(C)O[C@@H]2[C@@H]1O. The molecule has 1 amide bonds. The summed E-state index contributed by atoms with van der Waals surface area (Å²) in [7, 11) is 0. The Morgan fingerprint density at radius 2 is 2.07 bits per heavy atom. The molecule has 0 aliphatic carbocycles.